The maximum atomic E-state index is 8.92. The minimum absolute atomic E-state index is 0.144. The molecule has 1 aromatic heterocycles. The van der Waals surface area contributed by atoms with E-state index in [0.717, 1.165) is 11.4 Å². The van der Waals surface area contributed by atoms with E-state index >= 15 is 0 Å². The number of aliphatic hydroxyl groups is 2. The molecular formula is C9H16N4O2. The van der Waals surface area contributed by atoms with E-state index in [4.69, 9.17) is 10.2 Å². The first-order valence-electron chi connectivity index (χ1n) is 4.70. The van der Waals surface area contributed by atoms with Crippen molar-refractivity contribution in [1.29, 1.82) is 0 Å². The summed E-state index contributed by atoms with van der Waals surface area (Å²) in [5, 5.41) is 23.7. The summed E-state index contributed by atoms with van der Waals surface area (Å²) in [7, 11) is 1.77. The van der Waals surface area contributed by atoms with Crippen LogP contribution < -0.4 is 10.6 Å². The Morgan fingerprint density at radius 3 is 2.40 bits per heavy atom. The molecule has 0 saturated heterocycles. The minimum Gasteiger partial charge on any atom is -0.394 e. The van der Waals surface area contributed by atoms with Crippen molar-refractivity contribution in [2.45, 2.75) is 13.0 Å². The molecule has 0 fully saturated rings. The Bertz CT molecular complexity index is 315. The lowest BCUT2D eigenvalue weighted by Crippen LogP contribution is -2.28. The van der Waals surface area contributed by atoms with E-state index in [1.807, 2.05) is 6.92 Å². The number of anilines is 2. The number of nitrogens with one attached hydrogen (secondary N) is 2. The van der Waals surface area contributed by atoms with Crippen molar-refractivity contribution < 1.29 is 10.2 Å². The Kier molecular flexibility index (Phi) is 4.26. The van der Waals surface area contributed by atoms with Crippen molar-refractivity contribution in [3.8, 4) is 0 Å². The van der Waals surface area contributed by atoms with E-state index in [1.54, 1.807) is 7.05 Å². The van der Waals surface area contributed by atoms with Crippen molar-refractivity contribution >= 4 is 11.6 Å². The molecule has 15 heavy (non-hydrogen) atoms. The van der Waals surface area contributed by atoms with E-state index in [2.05, 4.69) is 20.6 Å². The Morgan fingerprint density at radius 1 is 1.27 bits per heavy atom. The lowest BCUT2D eigenvalue weighted by Gasteiger charge is -2.16. The smallest absolute Gasteiger partial charge is 0.134 e. The SMILES string of the molecule is CNc1ncnc(NC(CO)CO)c1C. The van der Waals surface area contributed by atoms with Crippen LogP contribution in [0.3, 0.4) is 0 Å². The third-order valence-corrected chi connectivity index (χ3v) is 2.10. The molecular weight excluding hydrogens is 196 g/mol. The fraction of sp³-hybridized carbons (Fsp3) is 0.556. The normalized spacial score (nSPS) is 10.5. The molecule has 0 aliphatic rings. The van der Waals surface area contributed by atoms with Gasteiger partial charge in [0.1, 0.15) is 18.0 Å². The van der Waals surface area contributed by atoms with E-state index in [1.165, 1.54) is 6.33 Å². The Morgan fingerprint density at radius 2 is 1.87 bits per heavy atom. The highest BCUT2D eigenvalue weighted by molar-refractivity contribution is 5.56. The zero-order valence-electron chi connectivity index (χ0n) is 8.86. The highest BCUT2D eigenvalue weighted by atomic mass is 16.3. The fourth-order valence-electron chi connectivity index (χ4n) is 1.19. The third kappa shape index (κ3) is 2.77. The van der Waals surface area contributed by atoms with Gasteiger partial charge in [0.25, 0.3) is 0 Å². The highest BCUT2D eigenvalue weighted by Crippen LogP contribution is 2.17. The summed E-state index contributed by atoms with van der Waals surface area (Å²) >= 11 is 0. The van der Waals surface area contributed by atoms with Crippen LogP contribution in [0.5, 0.6) is 0 Å². The molecule has 1 heterocycles. The van der Waals surface area contributed by atoms with Crippen LogP contribution >= 0.6 is 0 Å². The number of aliphatic hydroxyl groups excluding tert-OH is 2. The molecule has 0 unspecified atom stereocenters. The first-order chi connectivity index (χ1) is 7.22. The quantitative estimate of drug-likeness (QED) is 0.530. The molecule has 0 saturated carbocycles. The molecule has 0 amide bonds. The summed E-state index contributed by atoms with van der Waals surface area (Å²) < 4.78 is 0. The van der Waals surface area contributed by atoms with Crippen LogP contribution in [0.25, 0.3) is 0 Å². The number of nitrogens with zero attached hydrogens (tertiary/aromatic N) is 2. The first-order valence-corrected chi connectivity index (χ1v) is 4.70. The van der Waals surface area contributed by atoms with Crippen molar-refractivity contribution in [3.63, 3.8) is 0 Å². The van der Waals surface area contributed by atoms with Crippen LogP contribution in [0.4, 0.5) is 11.6 Å². The molecule has 0 aliphatic heterocycles. The van der Waals surface area contributed by atoms with E-state index < -0.39 is 6.04 Å². The second-order valence-electron chi connectivity index (χ2n) is 3.15. The van der Waals surface area contributed by atoms with Crippen LogP contribution in [0.1, 0.15) is 5.56 Å². The van der Waals surface area contributed by atoms with Gasteiger partial charge >= 0.3 is 0 Å². The monoisotopic (exact) mass is 212 g/mol. The molecule has 4 N–H and O–H groups in total. The second-order valence-corrected chi connectivity index (χ2v) is 3.15. The molecule has 0 atom stereocenters. The van der Waals surface area contributed by atoms with Gasteiger partial charge in [-0.1, -0.05) is 0 Å². The average Bonchev–Trinajstić information content (AvgIpc) is 2.28. The van der Waals surface area contributed by atoms with Crippen LogP contribution in [0.2, 0.25) is 0 Å². The minimum atomic E-state index is -0.400. The summed E-state index contributed by atoms with van der Waals surface area (Å²) in [6, 6.07) is -0.400. The summed E-state index contributed by atoms with van der Waals surface area (Å²) in [4.78, 5) is 8.07. The number of hydrogen-bond donors (Lipinski definition) is 4. The van der Waals surface area contributed by atoms with Gasteiger partial charge in [-0.25, -0.2) is 9.97 Å². The third-order valence-electron chi connectivity index (χ3n) is 2.10. The Labute approximate surface area is 88.4 Å². The largest absolute Gasteiger partial charge is 0.394 e. The van der Waals surface area contributed by atoms with Crippen LogP contribution in [-0.2, 0) is 0 Å². The molecule has 0 bridgehead atoms. The van der Waals surface area contributed by atoms with Crippen molar-refractivity contribution in [2.75, 3.05) is 30.9 Å². The topological polar surface area (TPSA) is 90.3 Å². The lowest BCUT2D eigenvalue weighted by atomic mass is 10.2. The van der Waals surface area contributed by atoms with E-state index in [9.17, 15) is 0 Å². The molecule has 1 rings (SSSR count). The predicted octanol–water partition coefficient (Wildman–Crippen LogP) is -0.408. The highest BCUT2D eigenvalue weighted by Gasteiger charge is 2.10. The van der Waals surface area contributed by atoms with Crippen LogP contribution in [0.15, 0.2) is 6.33 Å². The van der Waals surface area contributed by atoms with Gasteiger partial charge in [0.05, 0.1) is 19.3 Å². The standard InChI is InChI=1S/C9H16N4O2/c1-6-8(10-2)11-5-12-9(6)13-7(3-14)4-15/h5,7,14-15H,3-4H2,1-2H3,(H2,10,11,12,13). The van der Waals surface area contributed by atoms with Crippen molar-refractivity contribution in [1.82, 2.24) is 9.97 Å². The van der Waals surface area contributed by atoms with Crippen LogP contribution in [-0.4, -0.2) is 46.5 Å². The molecule has 84 valence electrons. The van der Waals surface area contributed by atoms with Gasteiger partial charge in [0.15, 0.2) is 0 Å². The molecule has 6 heteroatoms. The summed E-state index contributed by atoms with van der Waals surface area (Å²) in [6.45, 7) is 1.57. The van der Waals surface area contributed by atoms with Crippen molar-refractivity contribution in [3.05, 3.63) is 11.9 Å². The van der Waals surface area contributed by atoms with Gasteiger partial charge in [-0.15, -0.1) is 0 Å². The van der Waals surface area contributed by atoms with Crippen molar-refractivity contribution in [2.24, 2.45) is 0 Å². The number of hydrogen-bond acceptors (Lipinski definition) is 6. The fourth-order valence-corrected chi connectivity index (χ4v) is 1.19. The van der Waals surface area contributed by atoms with Gasteiger partial charge in [-0.2, -0.15) is 0 Å². The van der Waals surface area contributed by atoms with Gasteiger partial charge < -0.3 is 20.8 Å². The summed E-state index contributed by atoms with van der Waals surface area (Å²) in [5.74, 6) is 1.34. The zero-order chi connectivity index (χ0) is 11.3. The maximum absolute atomic E-state index is 8.92. The first kappa shape index (κ1) is 11.7. The maximum Gasteiger partial charge on any atom is 0.134 e. The summed E-state index contributed by atoms with van der Waals surface area (Å²) in [5.41, 5.74) is 0.854. The molecule has 0 aromatic carbocycles. The van der Waals surface area contributed by atoms with Gasteiger partial charge in [-0.3, -0.25) is 0 Å². The van der Waals surface area contributed by atoms with E-state index in [-0.39, 0.29) is 13.2 Å². The Hall–Kier alpha value is -1.40. The zero-order valence-corrected chi connectivity index (χ0v) is 8.86. The number of rotatable bonds is 5. The van der Waals surface area contributed by atoms with Gasteiger partial charge in [0.2, 0.25) is 0 Å². The van der Waals surface area contributed by atoms with Crippen LogP contribution in [0, 0.1) is 6.92 Å². The molecule has 0 radical (unpaired) electrons. The molecule has 0 spiro atoms. The van der Waals surface area contributed by atoms with Gasteiger partial charge in [-0.05, 0) is 6.92 Å². The second kappa shape index (κ2) is 5.47. The molecule has 1 aromatic rings. The van der Waals surface area contributed by atoms with E-state index in [0.29, 0.717) is 5.82 Å². The Balaban J connectivity index is 2.85. The van der Waals surface area contributed by atoms with Gasteiger partial charge in [0, 0.05) is 12.6 Å². The molecule has 0 aliphatic carbocycles. The predicted molar refractivity (Wildman–Crippen MR) is 57.9 cm³/mol. The lowest BCUT2D eigenvalue weighted by molar-refractivity contribution is 0.203. The number of aromatic nitrogens is 2. The molecule has 6 nitrogen and oxygen atoms in total. The average molecular weight is 212 g/mol. The summed E-state index contributed by atoms with van der Waals surface area (Å²) in [6.07, 6.45) is 1.42.